The summed E-state index contributed by atoms with van der Waals surface area (Å²) in [6.07, 6.45) is 0. The first kappa shape index (κ1) is 77.7. The number of nitrogens with zero attached hydrogens (tertiary/aromatic N) is 3. The third-order valence-electron chi connectivity index (χ3n) is 1.69. The molecule has 15 nitrogen and oxygen atoms in total. The first-order chi connectivity index (χ1) is 14.5. The van der Waals surface area contributed by atoms with E-state index in [1.165, 1.54) is 0 Å². The fourth-order valence-electron chi connectivity index (χ4n) is 0.904. The summed E-state index contributed by atoms with van der Waals surface area (Å²) >= 11 is 0. The van der Waals surface area contributed by atoms with Gasteiger partial charge in [-0.3, -0.25) is 0 Å². The Hall–Kier alpha value is -5.79. The fourth-order valence-corrected chi connectivity index (χ4v) is 8.43. The van der Waals surface area contributed by atoms with Crippen LogP contribution in [0.25, 0.3) is 0 Å². The first-order valence-corrected chi connectivity index (χ1v) is 10.5. The second-order valence-electron chi connectivity index (χ2n) is 2.51. The van der Waals surface area contributed by atoms with Gasteiger partial charge >= 0.3 is 0 Å². The normalized spacial score (nSPS) is 12.8. The molecule has 0 atom stereocenters. The first-order valence-electron chi connectivity index (χ1n) is 5.92. The quantitative estimate of drug-likeness (QED) is 0.142. The molecule has 1 aliphatic rings. The predicted octanol–water partition coefficient (Wildman–Crippen LogP) is 5.59. The molecule has 6 N–H and O–H groups in total. The van der Waals surface area contributed by atoms with Crippen LogP contribution in [-0.4, -0.2) is 30.6 Å². The minimum absolute atomic E-state index is 0. The molecule has 36 heavy (non-hydrogen) atoms. The van der Waals surface area contributed by atoms with Gasteiger partial charge in [-0.1, -0.05) is 0 Å². The third kappa shape index (κ3) is 22.9. The van der Waals surface area contributed by atoms with Gasteiger partial charge in [-0.05, 0) is 0 Å². The summed E-state index contributed by atoms with van der Waals surface area (Å²) in [5.41, 5.74) is 0. The van der Waals surface area contributed by atoms with E-state index in [9.17, 15) is 0 Å². The number of hydrogen-bond donors (Lipinski definition) is 6. The molecule has 0 aliphatic carbocycles. The monoisotopic (exact) mass is 2100 g/mol. The van der Waals surface area contributed by atoms with E-state index in [4.69, 9.17) is 57.8 Å². The van der Waals surface area contributed by atoms with Gasteiger partial charge in [0.15, 0.2) is 0 Å². The molecular formula is C12H30N3O12P3Rf6-12. The average Bonchev–Trinajstić information content (AvgIpc) is 2.90. The smallest absolute Gasteiger partial charge is 0.285 e. The molecule has 0 aromatic carbocycles. The summed E-state index contributed by atoms with van der Waals surface area (Å²) in [6.45, 7) is 0. The summed E-state index contributed by atoms with van der Waals surface area (Å²) in [5.74, 6) is 0. The molecule has 0 bridgehead atoms. The zero-order valence-electron chi connectivity index (χ0n) is 20.5. The van der Waals surface area contributed by atoms with E-state index >= 15 is 0 Å². The number of hydrogen-bond acceptors (Lipinski definition) is 15. The molecule has 0 amide bonds. The van der Waals surface area contributed by atoms with Crippen molar-refractivity contribution in [2.24, 2.45) is 13.5 Å². The van der Waals surface area contributed by atoms with E-state index in [0.29, 0.717) is 0 Å². The van der Waals surface area contributed by atoms with E-state index in [1.54, 1.807) is 0 Å². The molecule has 24 heteroatoms. The molecule has 0 aromatic rings. The zero-order valence-corrected chi connectivity index (χ0v) is 61.6. The van der Waals surface area contributed by atoms with Gasteiger partial charge in [0.2, 0.25) is 0 Å². The Morgan fingerprint density at radius 1 is 0.306 bits per heavy atom. The Bertz CT molecular complexity index is 397. The molecule has 1 aliphatic heterocycles. The Balaban J connectivity index is -0.0000000282. The summed E-state index contributed by atoms with van der Waals surface area (Å²) in [7, 11) is 22.9. The maximum atomic E-state index is 6.75. The van der Waals surface area contributed by atoms with E-state index < -0.39 is 23.0 Å². The second-order valence-corrected chi connectivity index (χ2v) is 9.15. The number of aliphatic hydroxyl groups excluding tert-OH is 6. The van der Waals surface area contributed by atoms with E-state index in [-0.39, 0.29) is 0 Å². The third-order valence-corrected chi connectivity index (χ3v) is 9.13. The van der Waals surface area contributed by atoms with Gasteiger partial charge in [0.25, 0.3) is 23.0 Å². The van der Waals surface area contributed by atoms with Gasteiger partial charge < -0.3 is 57.8 Å². The zero-order chi connectivity index (χ0) is 25.9. The maximum absolute atomic E-state index is 6.75. The van der Waals surface area contributed by atoms with Gasteiger partial charge in [0.05, 0.1) is 0 Å². The van der Waals surface area contributed by atoms with E-state index in [1.807, 2.05) is 0 Å². The molecule has 0 fully saturated rings. The Morgan fingerprint density at radius 3 is 0.444 bits per heavy atom. The molecule has 0 unspecified atom stereocenters. The summed E-state index contributed by atoms with van der Waals surface area (Å²) < 4.78 is 41.0. The van der Waals surface area contributed by atoms with Crippen molar-refractivity contribution in [3.8, 4) is 0 Å². The van der Waals surface area contributed by atoms with Crippen LogP contribution >= 0.6 is 23.0 Å². The summed E-state index contributed by atoms with van der Waals surface area (Å²) in [4.78, 5) is 0. The fraction of sp³-hybridized carbons (Fsp3) is 0. The van der Waals surface area contributed by atoms with Crippen molar-refractivity contribution in [1.29, 1.82) is 0 Å². The summed E-state index contributed by atoms with van der Waals surface area (Å²) in [6, 6.07) is 0. The van der Waals surface area contributed by atoms with Crippen molar-refractivity contribution in [2.45, 2.75) is 0 Å². The van der Waals surface area contributed by atoms with Crippen molar-refractivity contribution < 1.29 is 57.8 Å². The molecule has 0 radical (unpaired) electrons. The van der Waals surface area contributed by atoms with Crippen LogP contribution in [0.1, 0.15) is 0 Å². The van der Waals surface area contributed by atoms with Crippen LogP contribution in [0.3, 0.4) is 0 Å². The van der Waals surface area contributed by atoms with Crippen LogP contribution in [0, 0.1) is 85.3 Å². The SMILES string of the molecule is [CH2-]O.[CH2-]O.[CH2-]O.[CH2-]O.[CH2-]O.[CH2-]O.[CH2-]OP1(O[CH2-])=NP(O[CH2-])(O[CH2-])=NP(O[CH2-])(O[CH2-])=N1.[Rf].[Rf].[Rf].[Rf].[Rf].[Rf]. The van der Waals surface area contributed by atoms with Gasteiger partial charge in [-0.15, -0.1) is 13.5 Å². The van der Waals surface area contributed by atoms with Crippen LogP contribution in [-0.2, 0) is 27.1 Å². The Labute approximate surface area is 180 Å². The van der Waals surface area contributed by atoms with Crippen molar-refractivity contribution in [3.05, 3.63) is 85.3 Å². The van der Waals surface area contributed by atoms with Crippen LogP contribution in [0.15, 0.2) is 13.5 Å². The Kier molecular flexibility index (Phi) is 112. The van der Waals surface area contributed by atoms with Gasteiger partial charge in [-0.2, -0.15) is 0 Å². The van der Waals surface area contributed by atoms with Crippen LogP contribution in [0.4, 0.5) is 0 Å². The minimum atomic E-state index is -3.29. The van der Waals surface area contributed by atoms with Crippen LogP contribution in [0.5, 0.6) is 0 Å². The largest absolute Gasteiger partial charge is 0.569 e. The molecule has 1 heterocycles. The molecule has 1 rings (SSSR count). The average molecular weight is 2100 g/mol. The molecule has 0 saturated carbocycles. The topological polar surface area (TPSA) is 214 Å². The Morgan fingerprint density at radius 2 is 0.389 bits per heavy atom. The van der Waals surface area contributed by atoms with Crippen molar-refractivity contribution >= 4 is 23.0 Å². The van der Waals surface area contributed by atoms with Gasteiger partial charge in [0, 0.05) is 0 Å². The maximum Gasteiger partial charge on any atom is 0.285 e. The van der Waals surface area contributed by atoms with Gasteiger partial charge in [-0.25, -0.2) is 85.3 Å². The predicted molar refractivity (Wildman–Crippen MR) is 110 cm³/mol. The number of rotatable bonds is 6. The molecule has 0 spiro atoms. The molecule has 204 valence electrons. The van der Waals surface area contributed by atoms with Crippen molar-refractivity contribution in [3.63, 3.8) is 0 Å². The van der Waals surface area contributed by atoms with Crippen molar-refractivity contribution in [2.75, 3.05) is 0 Å². The summed E-state index contributed by atoms with van der Waals surface area (Å²) in [5, 5.41) is 40.5. The molecular weight excluding hydrogens is 2070 g/mol. The van der Waals surface area contributed by atoms with Crippen LogP contribution in [0.2, 0.25) is 0 Å². The standard InChI is InChI=1S/C6H12N3O6P3.6CH3O.6Rf/c1-10-16(11-2)7-17(12-3,13-4)9-18(8-16,14-5)15-6;6*1-2;;;;;;/h1-6H2;6*2H,1H2;;;;;;/q-6;6*-1;;;;;;. The van der Waals surface area contributed by atoms with E-state index in [2.05, 4.69) is 98.9 Å². The second kappa shape index (κ2) is 51.7. The van der Waals surface area contributed by atoms with Crippen LogP contribution < -0.4 is 0 Å². The van der Waals surface area contributed by atoms with E-state index in [0.717, 1.165) is 0 Å². The molecule has 0 aromatic heterocycles. The number of aliphatic hydroxyl groups is 6. The molecule has 0 saturated heterocycles. The van der Waals surface area contributed by atoms with Crippen molar-refractivity contribution in [1.82, 2.24) is 0 Å². The van der Waals surface area contributed by atoms with Gasteiger partial charge in [0.1, 0.15) is 0 Å². The minimum Gasteiger partial charge on any atom is -0.569 e.